The van der Waals surface area contributed by atoms with Crippen LogP contribution in [0.2, 0.25) is 0 Å². The molecule has 0 aliphatic heterocycles. The lowest BCUT2D eigenvalue weighted by Gasteiger charge is -2.62. The van der Waals surface area contributed by atoms with Crippen molar-refractivity contribution in [2.24, 2.45) is 58.0 Å². The predicted octanol–water partition coefficient (Wildman–Crippen LogP) is 4.73. The van der Waals surface area contributed by atoms with Gasteiger partial charge in [-0.3, -0.25) is 9.35 Å². The van der Waals surface area contributed by atoms with Crippen LogP contribution in [0.25, 0.3) is 0 Å². The number of aliphatic hydroxyl groups excluding tert-OH is 1. The van der Waals surface area contributed by atoms with Crippen LogP contribution in [-0.4, -0.2) is 68.8 Å². The van der Waals surface area contributed by atoms with E-state index in [2.05, 4.69) is 35.6 Å². The van der Waals surface area contributed by atoms with Crippen molar-refractivity contribution in [1.82, 2.24) is 10.6 Å². The molecular formula is C34H63N3O6S. The molecule has 11 atom stereocenters. The third-order valence-corrected chi connectivity index (χ3v) is 13.5. The molecule has 4 aliphatic rings. The number of fused-ring (bicyclic) bond motifs is 5. The first-order valence-electron chi connectivity index (χ1n) is 17.8. The van der Waals surface area contributed by atoms with Gasteiger partial charge in [-0.05, 0) is 150 Å². The monoisotopic (exact) mass is 641 g/mol. The van der Waals surface area contributed by atoms with Crippen molar-refractivity contribution in [2.45, 2.75) is 123 Å². The molecule has 0 saturated heterocycles. The molecule has 256 valence electrons. The number of Topliss-reactive ketones (excluding diaryl/α,β-unsaturated/α-hetero) is 1. The third kappa shape index (κ3) is 8.45. The van der Waals surface area contributed by atoms with Crippen LogP contribution in [0.15, 0.2) is 0 Å². The number of carbonyl (C=O) groups is 1. The van der Waals surface area contributed by atoms with Gasteiger partial charge in [0.1, 0.15) is 5.78 Å². The van der Waals surface area contributed by atoms with Crippen LogP contribution >= 0.6 is 0 Å². The topological polar surface area (TPSA) is 151 Å². The summed E-state index contributed by atoms with van der Waals surface area (Å²) >= 11 is 0. The number of hydrogen-bond acceptors (Lipinski definition) is 8. The van der Waals surface area contributed by atoms with Gasteiger partial charge in [0.05, 0.1) is 12.7 Å². The first kappa shape index (κ1) is 36.2. The summed E-state index contributed by atoms with van der Waals surface area (Å²) < 4.78 is 35.0. The van der Waals surface area contributed by atoms with Crippen LogP contribution < -0.4 is 16.4 Å². The number of hydrogen-bond donors (Lipinski definition) is 5. The highest BCUT2D eigenvalue weighted by Gasteiger charge is 2.62. The molecule has 0 spiro atoms. The van der Waals surface area contributed by atoms with Crippen LogP contribution in [-0.2, 0) is 19.4 Å². The third-order valence-electron chi connectivity index (χ3n) is 13.1. The minimum absolute atomic E-state index is 0.0225. The van der Waals surface area contributed by atoms with Crippen molar-refractivity contribution < 1.29 is 27.1 Å². The molecule has 0 aromatic heterocycles. The lowest BCUT2D eigenvalue weighted by atomic mass is 9.43. The van der Waals surface area contributed by atoms with Crippen molar-refractivity contribution >= 4 is 16.2 Å². The molecule has 0 aromatic rings. The maximum absolute atomic E-state index is 12.7. The van der Waals surface area contributed by atoms with Crippen LogP contribution in [0.3, 0.4) is 0 Å². The summed E-state index contributed by atoms with van der Waals surface area (Å²) in [7, 11) is -4.54. The molecule has 0 heterocycles. The molecule has 4 fully saturated rings. The molecule has 0 bridgehead atoms. The Bertz CT molecular complexity index is 1040. The van der Waals surface area contributed by atoms with Gasteiger partial charge in [0.15, 0.2) is 0 Å². The van der Waals surface area contributed by atoms with E-state index in [9.17, 15) is 18.3 Å². The molecule has 0 amide bonds. The summed E-state index contributed by atoms with van der Waals surface area (Å²) in [6.45, 7) is 12.6. The Morgan fingerprint density at radius 3 is 2.41 bits per heavy atom. The Hall–Kier alpha value is -0.620. The summed E-state index contributed by atoms with van der Waals surface area (Å²) in [4.78, 5) is 12.7. The quantitative estimate of drug-likeness (QED) is 0.112. The van der Waals surface area contributed by atoms with Crippen LogP contribution in [0.4, 0.5) is 0 Å². The molecule has 9 nitrogen and oxygen atoms in total. The predicted molar refractivity (Wildman–Crippen MR) is 174 cm³/mol. The summed E-state index contributed by atoms with van der Waals surface area (Å²) in [6.07, 6.45) is 13.7. The van der Waals surface area contributed by atoms with E-state index in [0.29, 0.717) is 53.4 Å². The fraction of sp³-hybridized carbons (Fsp3) is 0.971. The van der Waals surface area contributed by atoms with E-state index in [4.69, 9.17) is 10.3 Å². The van der Waals surface area contributed by atoms with Crippen molar-refractivity contribution in [3.63, 3.8) is 0 Å². The molecule has 5 unspecified atom stereocenters. The second-order valence-electron chi connectivity index (χ2n) is 15.6. The minimum Gasteiger partial charge on any atom is -0.393 e. The Kier molecular flexibility index (Phi) is 12.8. The molecular weight excluding hydrogens is 578 g/mol. The second-order valence-corrected chi connectivity index (χ2v) is 16.7. The molecule has 10 heteroatoms. The Labute approximate surface area is 267 Å². The zero-order chi connectivity index (χ0) is 32.1. The van der Waals surface area contributed by atoms with E-state index in [-0.39, 0.29) is 23.9 Å². The molecule has 4 rings (SSSR count). The minimum atomic E-state index is -4.54. The van der Waals surface area contributed by atoms with Gasteiger partial charge in [0.25, 0.3) is 0 Å². The van der Waals surface area contributed by atoms with Crippen molar-refractivity contribution in [2.75, 3.05) is 32.8 Å². The average molecular weight is 642 g/mol. The highest BCUT2D eigenvalue weighted by molar-refractivity contribution is 7.80. The number of nitrogens with two attached hydrogens (primary N) is 1. The fourth-order valence-corrected chi connectivity index (χ4v) is 10.9. The molecule has 4 aliphatic carbocycles. The molecule has 0 radical (unpaired) electrons. The van der Waals surface area contributed by atoms with E-state index >= 15 is 0 Å². The van der Waals surface area contributed by atoms with Crippen LogP contribution in [0.1, 0.15) is 111 Å². The fourth-order valence-electron chi connectivity index (χ4n) is 10.5. The highest BCUT2D eigenvalue weighted by atomic mass is 32.3. The largest absolute Gasteiger partial charge is 0.397 e. The summed E-state index contributed by atoms with van der Waals surface area (Å²) in [5, 5.41) is 19.1. The van der Waals surface area contributed by atoms with Gasteiger partial charge in [-0.25, -0.2) is 4.18 Å². The second kappa shape index (κ2) is 15.5. The van der Waals surface area contributed by atoms with Crippen molar-refractivity contribution in [3.8, 4) is 0 Å². The van der Waals surface area contributed by atoms with Gasteiger partial charge in [0.2, 0.25) is 0 Å². The van der Waals surface area contributed by atoms with Gasteiger partial charge in [-0.2, -0.15) is 8.42 Å². The maximum atomic E-state index is 12.7. The van der Waals surface area contributed by atoms with Crippen molar-refractivity contribution in [3.05, 3.63) is 0 Å². The Morgan fingerprint density at radius 2 is 1.68 bits per heavy atom. The first-order chi connectivity index (χ1) is 20.8. The van der Waals surface area contributed by atoms with Gasteiger partial charge in [-0.1, -0.05) is 27.7 Å². The van der Waals surface area contributed by atoms with E-state index in [1.54, 1.807) is 6.92 Å². The Morgan fingerprint density at radius 1 is 0.977 bits per heavy atom. The highest BCUT2D eigenvalue weighted by Crippen LogP contribution is 2.68. The van der Waals surface area contributed by atoms with Gasteiger partial charge < -0.3 is 21.5 Å². The zero-order valence-electron chi connectivity index (χ0n) is 27.9. The lowest BCUT2D eigenvalue weighted by Crippen LogP contribution is -2.59. The summed E-state index contributed by atoms with van der Waals surface area (Å²) in [5.41, 5.74) is 6.07. The smallest absolute Gasteiger partial charge is 0.393 e. The number of aliphatic hydroxyl groups is 1. The van der Waals surface area contributed by atoms with E-state index in [1.807, 2.05) is 0 Å². The summed E-state index contributed by atoms with van der Waals surface area (Å²) in [6, 6.07) is 0.560. The zero-order valence-corrected chi connectivity index (χ0v) is 28.8. The van der Waals surface area contributed by atoms with E-state index < -0.39 is 16.3 Å². The van der Waals surface area contributed by atoms with E-state index in [0.717, 1.165) is 64.7 Å². The SMILES string of the molecule is CC(COS(=O)(=O)O)C(=O)CC[C@@H](C)[C@H]1CCC2C3C(CC[C@@]21C)[C@@]1(C)CC[C@H](NCCCNCCCCN)CC1C[C@H]3O. The number of unbranched alkanes of at least 4 members (excludes halogenated alkanes) is 1. The van der Waals surface area contributed by atoms with Crippen LogP contribution in [0, 0.1) is 52.3 Å². The number of carbonyl (C=O) groups excluding carboxylic acids is 1. The Balaban J connectivity index is 1.28. The normalized spacial score (nSPS) is 38.4. The molecule has 0 aromatic carbocycles. The van der Waals surface area contributed by atoms with Gasteiger partial charge in [-0.15, -0.1) is 0 Å². The van der Waals surface area contributed by atoms with Crippen molar-refractivity contribution in [1.29, 1.82) is 0 Å². The van der Waals surface area contributed by atoms with Gasteiger partial charge in [0, 0.05) is 18.4 Å². The first-order valence-corrected chi connectivity index (χ1v) is 19.1. The number of ketones is 1. The lowest BCUT2D eigenvalue weighted by molar-refractivity contribution is -0.167. The number of nitrogens with one attached hydrogen (secondary N) is 2. The van der Waals surface area contributed by atoms with E-state index in [1.165, 1.54) is 38.5 Å². The molecule has 6 N–H and O–H groups in total. The van der Waals surface area contributed by atoms with Gasteiger partial charge >= 0.3 is 10.4 Å². The standard InChI is InChI=1S/C34H63N3O6S/c1-23(8-11-30(38)24(2)22-43-44(40,41)42)27-9-10-28-32-29(13-15-34(27,28)4)33(3)14-12-26(20-25(33)21-31(32)39)37-19-7-18-36-17-6-5-16-35/h23-29,31-32,36-37,39H,5-22,35H2,1-4H3,(H,40,41,42)/t23-,24?,25?,26+,27-,28?,29?,31-,32?,33+,34-/m1/s1. The molecule has 4 saturated carbocycles. The summed E-state index contributed by atoms with van der Waals surface area (Å²) in [5.74, 6) is 2.39. The average Bonchev–Trinajstić information content (AvgIpc) is 3.33. The van der Waals surface area contributed by atoms with Crippen LogP contribution in [0.5, 0.6) is 0 Å². The number of rotatable bonds is 17. The maximum Gasteiger partial charge on any atom is 0.397 e. The molecule has 44 heavy (non-hydrogen) atoms.